The zero-order valence-electron chi connectivity index (χ0n) is 8.10. The molecule has 5 heteroatoms. The van der Waals surface area contributed by atoms with E-state index in [2.05, 4.69) is 0 Å². The summed E-state index contributed by atoms with van der Waals surface area (Å²) >= 11 is 0. The quantitative estimate of drug-likeness (QED) is 0.497. The molecule has 0 amide bonds. The van der Waals surface area contributed by atoms with Crippen molar-refractivity contribution in [2.45, 2.75) is 6.92 Å². The van der Waals surface area contributed by atoms with E-state index in [4.69, 9.17) is 14.5 Å². The van der Waals surface area contributed by atoms with Crippen molar-refractivity contribution in [3.8, 4) is 0 Å². The van der Waals surface area contributed by atoms with E-state index in [1.807, 2.05) is 0 Å². The smallest absolute Gasteiger partial charge is 0.423 e. The minimum Gasteiger partial charge on any atom is -0.423 e. The average molecular weight is 204 g/mol. The maximum atomic E-state index is 11.1. The molecule has 1 heterocycles. The number of hydrogen-bond acceptors (Lipinski definition) is 4. The molecule has 0 fully saturated rings. The predicted molar refractivity (Wildman–Crippen MR) is 57.0 cm³/mol. The fourth-order valence-corrected chi connectivity index (χ4v) is 1.50. The highest BCUT2D eigenvalue weighted by atomic mass is 16.4. The molecule has 0 saturated carbocycles. The summed E-state index contributed by atoms with van der Waals surface area (Å²) in [7, 11) is -1.56. The molecule has 15 heavy (non-hydrogen) atoms. The highest BCUT2D eigenvalue weighted by Crippen LogP contribution is 2.14. The lowest BCUT2D eigenvalue weighted by Crippen LogP contribution is -2.29. The third-order valence-corrected chi connectivity index (χ3v) is 2.27. The Kier molecular flexibility index (Phi) is 2.34. The van der Waals surface area contributed by atoms with Crippen LogP contribution in [0.3, 0.4) is 0 Å². The van der Waals surface area contributed by atoms with Crippen LogP contribution in [0.5, 0.6) is 0 Å². The van der Waals surface area contributed by atoms with Crippen molar-refractivity contribution in [3.63, 3.8) is 0 Å². The van der Waals surface area contributed by atoms with Gasteiger partial charge in [-0.2, -0.15) is 0 Å². The van der Waals surface area contributed by atoms with Crippen LogP contribution in [0.4, 0.5) is 0 Å². The van der Waals surface area contributed by atoms with Crippen molar-refractivity contribution in [3.05, 3.63) is 40.2 Å². The van der Waals surface area contributed by atoms with Crippen molar-refractivity contribution in [2.75, 3.05) is 0 Å². The number of fused-ring (bicyclic) bond motifs is 1. The summed E-state index contributed by atoms with van der Waals surface area (Å²) in [5, 5.41) is 18.7. The van der Waals surface area contributed by atoms with Crippen molar-refractivity contribution in [2.24, 2.45) is 0 Å². The number of hydrogen-bond donors (Lipinski definition) is 2. The van der Waals surface area contributed by atoms with E-state index in [1.165, 1.54) is 12.1 Å². The summed E-state index contributed by atoms with van der Waals surface area (Å²) in [5.74, 6) is 0. The summed E-state index contributed by atoms with van der Waals surface area (Å²) in [6, 6.07) is 6.13. The van der Waals surface area contributed by atoms with E-state index in [-0.39, 0.29) is 0 Å². The van der Waals surface area contributed by atoms with E-state index in [9.17, 15) is 4.79 Å². The SMILES string of the molecule is Cc1cc(=O)oc2cc(B(O)O)ccc12. The fourth-order valence-electron chi connectivity index (χ4n) is 1.50. The molecule has 4 nitrogen and oxygen atoms in total. The molecule has 0 radical (unpaired) electrons. The largest absolute Gasteiger partial charge is 0.488 e. The molecule has 0 saturated heterocycles. The Bertz CT molecular complexity index is 559. The number of rotatable bonds is 1. The van der Waals surface area contributed by atoms with Gasteiger partial charge in [0.1, 0.15) is 5.58 Å². The maximum Gasteiger partial charge on any atom is 0.488 e. The monoisotopic (exact) mass is 204 g/mol. The molecule has 0 aliphatic heterocycles. The van der Waals surface area contributed by atoms with Gasteiger partial charge in [-0.05, 0) is 24.0 Å². The molecular formula is C10H9BO4. The summed E-state index contributed by atoms with van der Waals surface area (Å²) in [4.78, 5) is 11.1. The highest BCUT2D eigenvalue weighted by Gasteiger charge is 2.12. The number of aryl methyl sites for hydroxylation is 1. The molecule has 2 aromatic rings. The zero-order chi connectivity index (χ0) is 11.0. The summed E-state index contributed by atoms with van der Waals surface area (Å²) < 4.78 is 4.96. The molecule has 0 aliphatic rings. The average Bonchev–Trinajstić information content (AvgIpc) is 2.16. The maximum absolute atomic E-state index is 11.1. The van der Waals surface area contributed by atoms with Gasteiger partial charge in [-0.25, -0.2) is 4.79 Å². The van der Waals surface area contributed by atoms with Crippen molar-refractivity contribution >= 4 is 23.6 Å². The third kappa shape index (κ3) is 1.79. The lowest BCUT2D eigenvalue weighted by molar-refractivity contribution is 0.425. The van der Waals surface area contributed by atoms with Crippen LogP contribution in [-0.4, -0.2) is 17.2 Å². The molecule has 1 aromatic heterocycles. The lowest BCUT2D eigenvalue weighted by atomic mass is 9.80. The number of benzene rings is 1. The van der Waals surface area contributed by atoms with Gasteiger partial charge in [-0.1, -0.05) is 12.1 Å². The second-order valence-corrected chi connectivity index (χ2v) is 3.38. The van der Waals surface area contributed by atoms with Crippen LogP contribution in [0.15, 0.2) is 33.5 Å². The first kappa shape index (κ1) is 9.95. The van der Waals surface area contributed by atoms with Gasteiger partial charge in [0.15, 0.2) is 0 Å². The van der Waals surface area contributed by atoms with Gasteiger partial charge >= 0.3 is 12.7 Å². The second-order valence-electron chi connectivity index (χ2n) is 3.38. The van der Waals surface area contributed by atoms with Crippen LogP contribution in [0, 0.1) is 6.92 Å². The molecule has 0 spiro atoms. The van der Waals surface area contributed by atoms with Crippen molar-refractivity contribution in [1.82, 2.24) is 0 Å². The van der Waals surface area contributed by atoms with E-state index in [1.54, 1.807) is 19.1 Å². The van der Waals surface area contributed by atoms with Gasteiger partial charge in [0, 0.05) is 11.5 Å². The van der Waals surface area contributed by atoms with Crippen molar-refractivity contribution < 1.29 is 14.5 Å². The molecule has 76 valence electrons. The van der Waals surface area contributed by atoms with Crippen LogP contribution in [0.25, 0.3) is 11.0 Å². The van der Waals surface area contributed by atoms with Crippen LogP contribution < -0.4 is 11.1 Å². The van der Waals surface area contributed by atoms with Gasteiger partial charge in [0.2, 0.25) is 0 Å². The standard InChI is InChI=1S/C10H9BO4/c1-6-4-10(12)15-9-5-7(11(13)14)2-3-8(6)9/h2-5,13-14H,1H3. The van der Waals surface area contributed by atoms with E-state index >= 15 is 0 Å². The molecule has 0 bridgehead atoms. The first-order valence-electron chi connectivity index (χ1n) is 4.48. The van der Waals surface area contributed by atoms with Gasteiger partial charge < -0.3 is 14.5 Å². The summed E-state index contributed by atoms with van der Waals surface area (Å²) in [6.07, 6.45) is 0. The molecule has 0 unspecified atom stereocenters. The lowest BCUT2D eigenvalue weighted by Gasteiger charge is -2.03. The molecular weight excluding hydrogens is 195 g/mol. The molecule has 0 atom stereocenters. The summed E-state index contributed by atoms with van der Waals surface area (Å²) in [5.41, 5.74) is 1.03. The van der Waals surface area contributed by atoms with Gasteiger partial charge in [0.05, 0.1) is 0 Å². The molecule has 1 aromatic carbocycles. The topological polar surface area (TPSA) is 70.7 Å². The molecule has 0 aliphatic carbocycles. The normalized spacial score (nSPS) is 10.6. The summed E-state index contributed by atoms with van der Waals surface area (Å²) in [6.45, 7) is 1.80. The van der Waals surface area contributed by atoms with Crippen molar-refractivity contribution in [1.29, 1.82) is 0 Å². The van der Waals surface area contributed by atoms with Crippen LogP contribution in [0.1, 0.15) is 5.56 Å². The van der Waals surface area contributed by atoms with Gasteiger partial charge in [-0.15, -0.1) is 0 Å². The van der Waals surface area contributed by atoms with Crippen LogP contribution in [0.2, 0.25) is 0 Å². The zero-order valence-corrected chi connectivity index (χ0v) is 8.10. The second kappa shape index (κ2) is 3.53. The Labute approximate surface area is 85.9 Å². The highest BCUT2D eigenvalue weighted by molar-refractivity contribution is 6.58. The fraction of sp³-hybridized carbons (Fsp3) is 0.100. The first-order valence-corrected chi connectivity index (χ1v) is 4.48. The Balaban J connectivity index is 2.76. The van der Waals surface area contributed by atoms with E-state index < -0.39 is 12.7 Å². The van der Waals surface area contributed by atoms with E-state index in [0.717, 1.165) is 10.9 Å². The molecule has 2 N–H and O–H groups in total. The minimum absolute atomic E-state index is 0.302. The van der Waals surface area contributed by atoms with Crippen LogP contribution in [-0.2, 0) is 0 Å². The third-order valence-electron chi connectivity index (χ3n) is 2.27. The Morgan fingerprint density at radius 1 is 1.27 bits per heavy atom. The van der Waals surface area contributed by atoms with Gasteiger partial charge in [0.25, 0.3) is 0 Å². The van der Waals surface area contributed by atoms with Crippen LogP contribution >= 0.6 is 0 Å². The van der Waals surface area contributed by atoms with E-state index in [0.29, 0.717) is 11.0 Å². The Hall–Kier alpha value is -1.59. The molecule has 2 rings (SSSR count). The Morgan fingerprint density at radius 2 is 2.00 bits per heavy atom. The van der Waals surface area contributed by atoms with Gasteiger partial charge in [-0.3, -0.25) is 0 Å². The first-order chi connectivity index (χ1) is 7.08. The minimum atomic E-state index is -1.56. The predicted octanol–water partition coefficient (Wildman–Crippen LogP) is -0.219. The Morgan fingerprint density at radius 3 is 2.67 bits per heavy atom.